The summed E-state index contributed by atoms with van der Waals surface area (Å²) in [7, 11) is 0. The molecule has 0 fully saturated rings. The van der Waals surface area contributed by atoms with Gasteiger partial charge in [-0.05, 0) is 64.2 Å². The van der Waals surface area contributed by atoms with Gasteiger partial charge in [0.1, 0.15) is 5.84 Å². The van der Waals surface area contributed by atoms with E-state index in [1.54, 1.807) is 0 Å². The van der Waals surface area contributed by atoms with Crippen LogP contribution in [0.2, 0.25) is 0 Å². The molecule has 0 aliphatic rings. The van der Waals surface area contributed by atoms with Crippen molar-refractivity contribution in [3.05, 3.63) is 211 Å². The normalized spacial score (nSPS) is 12.3. The van der Waals surface area contributed by atoms with E-state index in [-0.39, 0.29) is 0 Å². The third-order valence-electron chi connectivity index (χ3n) is 10.6. The molecule has 0 bridgehead atoms. The highest BCUT2D eigenvalue weighted by molar-refractivity contribution is 7.26. The molecule has 2 N–H and O–H groups in total. The predicted octanol–water partition coefficient (Wildman–Crippen LogP) is 12.8. The molecule has 266 valence electrons. The van der Waals surface area contributed by atoms with Crippen molar-refractivity contribution in [1.29, 1.82) is 0 Å². The summed E-state index contributed by atoms with van der Waals surface area (Å²) in [6.45, 7) is 0.456. The van der Waals surface area contributed by atoms with Gasteiger partial charge in [-0.1, -0.05) is 158 Å². The number of amidine groups is 2. The molecule has 4 nitrogen and oxygen atoms in total. The molecule has 0 saturated carbocycles. The summed E-state index contributed by atoms with van der Waals surface area (Å²) in [5, 5.41) is 5.12. The number of aliphatic imine (C=N–C) groups is 2. The number of hydrogen-bond donors (Lipinski definition) is 1. The van der Waals surface area contributed by atoms with Crippen LogP contribution < -0.4 is 5.73 Å². The van der Waals surface area contributed by atoms with Crippen LogP contribution in [0.15, 0.2) is 204 Å². The molecule has 2 aromatic heterocycles. The van der Waals surface area contributed by atoms with E-state index in [0.717, 1.165) is 33.5 Å². The van der Waals surface area contributed by atoms with E-state index < -0.39 is 0 Å². The fourth-order valence-electron chi connectivity index (χ4n) is 7.85. The maximum atomic E-state index is 6.48. The lowest BCUT2D eigenvalue weighted by Crippen LogP contribution is -2.16. The fraction of sp³-hybridized carbons (Fsp3) is 0.0196. The molecule has 8 aromatic carbocycles. The molecule has 10 rings (SSSR count). The SMILES string of the molecule is N/C(=N\C(=N/Cc1ccccc1-c1ccc(-n2c3ccccc3c3cc(-c4cccc5c4sc4ccccc45)ccc32)cc1)c1ccccc1)c1ccccc1. The van der Waals surface area contributed by atoms with Crippen LogP contribution in [-0.2, 0) is 6.54 Å². The van der Waals surface area contributed by atoms with Gasteiger partial charge in [-0.3, -0.25) is 4.99 Å². The third kappa shape index (κ3) is 6.05. The number of nitrogens with zero attached hydrogens (tertiary/aromatic N) is 3. The number of thiophene rings is 1. The van der Waals surface area contributed by atoms with Crippen LogP contribution in [0.4, 0.5) is 0 Å². The van der Waals surface area contributed by atoms with E-state index >= 15 is 0 Å². The van der Waals surface area contributed by atoms with Crippen molar-refractivity contribution < 1.29 is 0 Å². The van der Waals surface area contributed by atoms with Crippen molar-refractivity contribution in [2.75, 3.05) is 0 Å². The van der Waals surface area contributed by atoms with Crippen LogP contribution >= 0.6 is 11.3 Å². The number of benzene rings is 8. The zero-order chi connectivity index (χ0) is 37.4. The summed E-state index contributed by atoms with van der Waals surface area (Å²) in [5.41, 5.74) is 17.6. The van der Waals surface area contributed by atoms with E-state index in [1.807, 2.05) is 72.0 Å². The maximum absolute atomic E-state index is 6.48. The van der Waals surface area contributed by atoms with Crippen LogP contribution in [0.3, 0.4) is 0 Å². The molecular weight excluding hydrogens is 701 g/mol. The molecule has 56 heavy (non-hydrogen) atoms. The first-order chi connectivity index (χ1) is 27.7. The average Bonchev–Trinajstić information content (AvgIpc) is 3.81. The van der Waals surface area contributed by atoms with E-state index in [1.165, 1.54) is 53.1 Å². The lowest BCUT2D eigenvalue weighted by Gasteiger charge is -2.12. The molecular formula is C51H36N4S. The summed E-state index contributed by atoms with van der Waals surface area (Å²) in [6, 6.07) is 68.3. The lowest BCUT2D eigenvalue weighted by molar-refractivity contribution is 1.06. The van der Waals surface area contributed by atoms with Crippen molar-refractivity contribution in [1.82, 2.24) is 4.57 Å². The van der Waals surface area contributed by atoms with E-state index in [4.69, 9.17) is 15.7 Å². The Bertz CT molecular complexity index is 3100. The Balaban J connectivity index is 1.01. The zero-order valence-electron chi connectivity index (χ0n) is 30.5. The summed E-state index contributed by atoms with van der Waals surface area (Å²) in [4.78, 5) is 9.86. The first-order valence-electron chi connectivity index (χ1n) is 18.8. The average molecular weight is 737 g/mol. The van der Waals surface area contributed by atoms with Crippen LogP contribution in [-0.4, -0.2) is 16.2 Å². The fourth-order valence-corrected chi connectivity index (χ4v) is 9.09. The highest BCUT2D eigenvalue weighted by Gasteiger charge is 2.16. The molecule has 0 spiro atoms. The number of para-hydroxylation sites is 1. The second-order valence-electron chi connectivity index (χ2n) is 13.9. The molecule has 0 amide bonds. The number of aromatic nitrogens is 1. The standard InChI is InChI=1S/C51H36N4S/c52-50(35-14-3-1-4-15-35)54-51(36-16-5-2-6-17-36)53-33-38-18-7-8-19-40(38)34-26-29-39(30-27-34)55-46-24-11-9-20-42(46)45-32-37(28-31-47(45)55)41-22-13-23-44-43-21-10-12-25-48(43)56-49(41)44/h1-32H,33H2,(H2,52,53,54). The lowest BCUT2D eigenvalue weighted by atomic mass is 9.99. The van der Waals surface area contributed by atoms with Crippen LogP contribution in [0.1, 0.15) is 16.7 Å². The smallest absolute Gasteiger partial charge is 0.157 e. The Hall–Kier alpha value is -7.08. The molecule has 0 unspecified atom stereocenters. The van der Waals surface area contributed by atoms with E-state index in [9.17, 15) is 0 Å². The van der Waals surface area contributed by atoms with E-state index in [0.29, 0.717) is 18.2 Å². The van der Waals surface area contributed by atoms with Gasteiger partial charge in [0.25, 0.3) is 0 Å². The summed E-state index contributed by atoms with van der Waals surface area (Å²) < 4.78 is 5.04. The zero-order valence-corrected chi connectivity index (χ0v) is 31.3. The van der Waals surface area contributed by atoms with E-state index in [2.05, 4.69) is 138 Å². The minimum atomic E-state index is 0.437. The summed E-state index contributed by atoms with van der Waals surface area (Å²) >= 11 is 1.88. The molecule has 0 radical (unpaired) electrons. The van der Waals surface area contributed by atoms with Crippen molar-refractivity contribution in [2.24, 2.45) is 15.7 Å². The summed E-state index contributed by atoms with van der Waals surface area (Å²) in [5.74, 6) is 1.04. The number of hydrogen-bond acceptors (Lipinski definition) is 2. The van der Waals surface area contributed by atoms with Gasteiger partial charge in [0.05, 0.1) is 17.6 Å². The highest BCUT2D eigenvalue weighted by Crippen LogP contribution is 2.42. The van der Waals surface area contributed by atoms with Gasteiger partial charge in [-0.25, -0.2) is 4.99 Å². The maximum Gasteiger partial charge on any atom is 0.157 e. The number of nitrogens with two attached hydrogens (primary N) is 1. The van der Waals surface area contributed by atoms with Gasteiger partial charge in [-0.2, -0.15) is 0 Å². The predicted molar refractivity (Wildman–Crippen MR) is 238 cm³/mol. The van der Waals surface area contributed by atoms with Crippen LogP contribution in [0.5, 0.6) is 0 Å². The van der Waals surface area contributed by atoms with Crippen molar-refractivity contribution in [3.8, 4) is 27.9 Å². The van der Waals surface area contributed by atoms with Crippen LogP contribution in [0, 0.1) is 0 Å². The second-order valence-corrected chi connectivity index (χ2v) is 15.0. The molecule has 0 saturated heterocycles. The first kappa shape index (κ1) is 33.5. The highest BCUT2D eigenvalue weighted by atomic mass is 32.1. The third-order valence-corrected chi connectivity index (χ3v) is 11.8. The van der Waals surface area contributed by atoms with Crippen molar-refractivity contribution >= 4 is 65.0 Å². The van der Waals surface area contributed by atoms with Crippen molar-refractivity contribution in [2.45, 2.75) is 6.54 Å². The van der Waals surface area contributed by atoms with Gasteiger partial charge in [0.2, 0.25) is 0 Å². The second kappa shape index (κ2) is 14.3. The van der Waals surface area contributed by atoms with Gasteiger partial charge < -0.3 is 10.3 Å². The summed E-state index contributed by atoms with van der Waals surface area (Å²) in [6.07, 6.45) is 0. The van der Waals surface area contributed by atoms with Gasteiger partial charge in [-0.15, -0.1) is 11.3 Å². The van der Waals surface area contributed by atoms with Gasteiger partial charge in [0, 0.05) is 47.8 Å². The van der Waals surface area contributed by atoms with Gasteiger partial charge in [0.15, 0.2) is 5.84 Å². The number of rotatable bonds is 7. The van der Waals surface area contributed by atoms with Crippen LogP contribution in [0.25, 0.3) is 69.9 Å². The number of fused-ring (bicyclic) bond motifs is 6. The Morgan fingerprint density at radius 3 is 1.95 bits per heavy atom. The monoisotopic (exact) mass is 736 g/mol. The van der Waals surface area contributed by atoms with Crippen molar-refractivity contribution in [3.63, 3.8) is 0 Å². The minimum Gasteiger partial charge on any atom is -0.383 e. The molecule has 0 aliphatic carbocycles. The molecule has 0 aliphatic heterocycles. The van der Waals surface area contributed by atoms with Gasteiger partial charge >= 0.3 is 0 Å². The Labute approximate surface area is 329 Å². The molecule has 0 atom stereocenters. The minimum absolute atomic E-state index is 0.437. The molecule has 10 aromatic rings. The molecule has 2 heterocycles. The first-order valence-corrected chi connectivity index (χ1v) is 19.6. The Kier molecular flexibility index (Phi) is 8.55. The largest absolute Gasteiger partial charge is 0.383 e. The topological polar surface area (TPSA) is 55.7 Å². The Morgan fingerprint density at radius 1 is 0.500 bits per heavy atom. The molecule has 5 heteroatoms. The quantitative estimate of drug-likeness (QED) is 0.129. The Morgan fingerprint density at radius 2 is 1.12 bits per heavy atom.